The molecule has 22 heavy (non-hydrogen) atoms. The number of amides is 1. The average Bonchev–Trinajstić information content (AvgIpc) is 2.51. The van der Waals surface area contributed by atoms with E-state index in [1.165, 1.54) is 11.8 Å². The molecule has 0 spiro atoms. The molecule has 0 radical (unpaired) electrons. The van der Waals surface area contributed by atoms with Gasteiger partial charge in [-0.1, -0.05) is 35.3 Å². The number of thioether (sulfide) groups is 1. The Labute approximate surface area is 143 Å². The van der Waals surface area contributed by atoms with Crippen LogP contribution in [0.15, 0.2) is 58.5 Å². The van der Waals surface area contributed by atoms with E-state index in [1.807, 2.05) is 31.2 Å². The van der Waals surface area contributed by atoms with E-state index in [1.54, 1.807) is 30.5 Å². The van der Waals surface area contributed by atoms with Crippen LogP contribution in [0.1, 0.15) is 12.5 Å². The van der Waals surface area contributed by atoms with Crippen LogP contribution in [0.4, 0.5) is 0 Å². The zero-order valence-electron chi connectivity index (χ0n) is 11.8. The van der Waals surface area contributed by atoms with Crippen molar-refractivity contribution in [3.8, 4) is 0 Å². The minimum atomic E-state index is -0.261. The summed E-state index contributed by atoms with van der Waals surface area (Å²) >= 11 is 13.1. The van der Waals surface area contributed by atoms with E-state index < -0.39 is 0 Å². The van der Waals surface area contributed by atoms with E-state index in [-0.39, 0.29) is 11.2 Å². The lowest BCUT2D eigenvalue weighted by molar-refractivity contribution is -0.120. The van der Waals surface area contributed by atoms with Gasteiger partial charge in [0.2, 0.25) is 0 Å². The first kappa shape index (κ1) is 16.9. The fourth-order valence-corrected chi connectivity index (χ4v) is 2.69. The highest BCUT2D eigenvalue weighted by atomic mass is 35.5. The van der Waals surface area contributed by atoms with Crippen LogP contribution in [0, 0.1) is 0 Å². The molecule has 114 valence electrons. The highest BCUT2D eigenvalue weighted by Crippen LogP contribution is 2.24. The monoisotopic (exact) mass is 352 g/mol. The Morgan fingerprint density at radius 1 is 1.09 bits per heavy atom. The third kappa shape index (κ3) is 5.37. The summed E-state index contributed by atoms with van der Waals surface area (Å²) in [5.41, 5.74) is 3.39. The number of hydrogen-bond donors (Lipinski definition) is 1. The third-order valence-electron chi connectivity index (χ3n) is 2.75. The Kier molecular flexibility index (Phi) is 6.31. The number of halogens is 2. The van der Waals surface area contributed by atoms with Crippen molar-refractivity contribution in [2.24, 2.45) is 5.10 Å². The first-order valence-electron chi connectivity index (χ1n) is 6.55. The molecule has 1 amide bonds. The number of hydrazone groups is 1. The summed E-state index contributed by atoms with van der Waals surface area (Å²) in [6, 6.07) is 14.5. The predicted molar refractivity (Wildman–Crippen MR) is 94.0 cm³/mol. The first-order valence-corrected chi connectivity index (χ1v) is 8.19. The SMILES string of the molecule is C[C@H](Sc1ccc(Cl)cc1)C(=O)N/N=C\c1ccc(Cl)cc1. The van der Waals surface area contributed by atoms with Crippen LogP contribution in [0.2, 0.25) is 10.0 Å². The molecule has 0 aliphatic carbocycles. The summed E-state index contributed by atoms with van der Waals surface area (Å²) in [5, 5.41) is 5.02. The Morgan fingerprint density at radius 2 is 1.64 bits per heavy atom. The fourth-order valence-electron chi connectivity index (χ4n) is 1.58. The minimum Gasteiger partial charge on any atom is -0.272 e. The molecule has 1 atom stereocenters. The predicted octanol–water partition coefficient (Wildman–Crippen LogP) is 4.62. The van der Waals surface area contributed by atoms with Gasteiger partial charge in [0.05, 0.1) is 11.5 Å². The molecular formula is C16H14Cl2N2OS. The van der Waals surface area contributed by atoms with Crippen molar-refractivity contribution in [1.82, 2.24) is 5.43 Å². The molecule has 2 rings (SSSR count). The third-order valence-corrected chi connectivity index (χ3v) is 4.37. The zero-order chi connectivity index (χ0) is 15.9. The number of nitrogens with zero attached hydrogens (tertiary/aromatic N) is 1. The zero-order valence-corrected chi connectivity index (χ0v) is 14.1. The Bertz CT molecular complexity index is 657. The van der Waals surface area contributed by atoms with Crippen molar-refractivity contribution in [3.63, 3.8) is 0 Å². The van der Waals surface area contributed by atoms with Gasteiger partial charge in [0, 0.05) is 14.9 Å². The lowest BCUT2D eigenvalue weighted by atomic mass is 10.2. The molecule has 0 saturated heterocycles. The number of carbonyl (C=O) groups excluding carboxylic acids is 1. The maximum absolute atomic E-state index is 12.0. The molecule has 0 saturated carbocycles. The van der Waals surface area contributed by atoms with Crippen molar-refractivity contribution in [2.45, 2.75) is 17.1 Å². The standard InChI is InChI=1S/C16H14Cl2N2OS/c1-11(22-15-8-6-14(18)7-9-15)16(21)20-19-10-12-2-4-13(17)5-3-12/h2-11H,1H3,(H,20,21)/b19-10-/t11-/m0/s1. The van der Waals surface area contributed by atoms with Crippen molar-refractivity contribution >= 4 is 47.1 Å². The molecule has 0 aliphatic rings. The van der Waals surface area contributed by atoms with Gasteiger partial charge in [0.1, 0.15) is 0 Å². The van der Waals surface area contributed by atoms with Gasteiger partial charge < -0.3 is 0 Å². The highest BCUT2D eigenvalue weighted by Gasteiger charge is 2.13. The molecule has 3 nitrogen and oxygen atoms in total. The average molecular weight is 353 g/mol. The normalized spacial score (nSPS) is 12.3. The van der Waals surface area contributed by atoms with Gasteiger partial charge in [0.15, 0.2) is 0 Å². The van der Waals surface area contributed by atoms with Crippen LogP contribution in [-0.2, 0) is 4.79 Å². The van der Waals surface area contributed by atoms with E-state index in [0.29, 0.717) is 10.0 Å². The number of rotatable bonds is 5. The van der Waals surface area contributed by atoms with Crippen molar-refractivity contribution in [1.29, 1.82) is 0 Å². The first-order chi connectivity index (χ1) is 10.5. The molecule has 0 heterocycles. The van der Waals surface area contributed by atoms with E-state index in [9.17, 15) is 4.79 Å². The Hall–Kier alpha value is -1.49. The van der Waals surface area contributed by atoms with E-state index in [4.69, 9.17) is 23.2 Å². The second-order valence-electron chi connectivity index (χ2n) is 4.50. The van der Waals surface area contributed by atoms with Crippen molar-refractivity contribution < 1.29 is 4.79 Å². The molecule has 0 unspecified atom stereocenters. The number of carbonyl (C=O) groups is 1. The van der Waals surface area contributed by atoms with E-state index in [0.717, 1.165) is 10.5 Å². The number of benzene rings is 2. The molecule has 0 bridgehead atoms. The summed E-state index contributed by atoms with van der Waals surface area (Å²) < 4.78 is 0. The van der Waals surface area contributed by atoms with E-state index >= 15 is 0 Å². The maximum atomic E-state index is 12.0. The van der Waals surface area contributed by atoms with E-state index in [2.05, 4.69) is 10.5 Å². The number of nitrogens with one attached hydrogen (secondary N) is 1. The quantitative estimate of drug-likeness (QED) is 0.484. The fraction of sp³-hybridized carbons (Fsp3) is 0.125. The van der Waals surface area contributed by atoms with Gasteiger partial charge >= 0.3 is 0 Å². The summed E-state index contributed by atoms with van der Waals surface area (Å²) in [5.74, 6) is -0.162. The summed E-state index contributed by atoms with van der Waals surface area (Å²) in [7, 11) is 0. The molecule has 0 fully saturated rings. The maximum Gasteiger partial charge on any atom is 0.253 e. The van der Waals surface area contributed by atoms with Gasteiger partial charge in [-0.05, 0) is 48.9 Å². The molecule has 6 heteroatoms. The molecular weight excluding hydrogens is 339 g/mol. The van der Waals surface area contributed by atoms with Gasteiger partial charge in [-0.25, -0.2) is 5.43 Å². The second kappa shape index (κ2) is 8.22. The minimum absolute atomic E-state index is 0.162. The van der Waals surface area contributed by atoms with Gasteiger partial charge in [0.25, 0.3) is 5.91 Å². The Balaban J connectivity index is 1.85. The summed E-state index contributed by atoms with van der Waals surface area (Å²) in [6.07, 6.45) is 1.58. The number of hydrogen-bond acceptors (Lipinski definition) is 3. The second-order valence-corrected chi connectivity index (χ2v) is 6.79. The van der Waals surface area contributed by atoms with Crippen LogP contribution >= 0.6 is 35.0 Å². The lowest BCUT2D eigenvalue weighted by Gasteiger charge is -2.09. The van der Waals surface area contributed by atoms with Gasteiger partial charge in [-0.15, -0.1) is 11.8 Å². The smallest absolute Gasteiger partial charge is 0.253 e. The van der Waals surface area contributed by atoms with Gasteiger partial charge in [-0.2, -0.15) is 5.10 Å². The lowest BCUT2D eigenvalue weighted by Crippen LogP contribution is -2.26. The molecule has 0 aromatic heterocycles. The summed E-state index contributed by atoms with van der Waals surface area (Å²) in [6.45, 7) is 1.83. The molecule has 1 N–H and O–H groups in total. The largest absolute Gasteiger partial charge is 0.272 e. The highest BCUT2D eigenvalue weighted by molar-refractivity contribution is 8.00. The van der Waals surface area contributed by atoms with Crippen LogP contribution in [0.3, 0.4) is 0 Å². The Morgan fingerprint density at radius 3 is 2.23 bits per heavy atom. The molecule has 2 aromatic rings. The van der Waals surface area contributed by atoms with Crippen molar-refractivity contribution in [2.75, 3.05) is 0 Å². The molecule has 0 aliphatic heterocycles. The van der Waals surface area contributed by atoms with Crippen LogP contribution in [0.5, 0.6) is 0 Å². The summed E-state index contributed by atoms with van der Waals surface area (Å²) in [4.78, 5) is 12.9. The van der Waals surface area contributed by atoms with Crippen LogP contribution < -0.4 is 5.43 Å². The topological polar surface area (TPSA) is 41.5 Å². The van der Waals surface area contributed by atoms with Crippen molar-refractivity contribution in [3.05, 3.63) is 64.1 Å². The van der Waals surface area contributed by atoms with Crippen LogP contribution in [-0.4, -0.2) is 17.4 Å². The molecule has 2 aromatic carbocycles. The van der Waals surface area contributed by atoms with Crippen LogP contribution in [0.25, 0.3) is 0 Å². The van der Waals surface area contributed by atoms with Gasteiger partial charge in [-0.3, -0.25) is 4.79 Å².